The van der Waals surface area contributed by atoms with Crippen LogP contribution in [0.4, 0.5) is 0 Å². The molecule has 1 fully saturated rings. The van der Waals surface area contributed by atoms with Crippen molar-refractivity contribution in [1.82, 2.24) is 25.4 Å². The van der Waals surface area contributed by atoms with Crippen LogP contribution in [0.5, 0.6) is 0 Å². The number of rotatable bonds is 6. The van der Waals surface area contributed by atoms with E-state index in [1.165, 1.54) is 18.6 Å². The van der Waals surface area contributed by atoms with Crippen LogP contribution in [0.2, 0.25) is 0 Å². The fraction of sp³-hybridized carbons (Fsp3) is 0.550. The van der Waals surface area contributed by atoms with E-state index in [1.54, 1.807) is 4.68 Å². The molecule has 2 amide bonds. The molecule has 0 bridgehead atoms. The number of carbonyl (C=O) groups is 2. The lowest BCUT2D eigenvalue weighted by Crippen LogP contribution is -2.54. The summed E-state index contributed by atoms with van der Waals surface area (Å²) < 4.78 is 2.24. The van der Waals surface area contributed by atoms with Crippen molar-refractivity contribution in [3.05, 3.63) is 40.7 Å². The third-order valence-electron chi connectivity index (χ3n) is 5.67. The van der Waals surface area contributed by atoms with Crippen LogP contribution in [-0.2, 0) is 11.2 Å². The number of nitrogens with one attached hydrogen (secondary N) is 2. The van der Waals surface area contributed by atoms with Crippen LogP contribution in [0, 0.1) is 16.5 Å². The van der Waals surface area contributed by atoms with Gasteiger partial charge < -0.3 is 20.9 Å². The van der Waals surface area contributed by atoms with E-state index in [2.05, 4.69) is 20.7 Å². The molecule has 3 atom stereocenters. The van der Waals surface area contributed by atoms with Crippen LogP contribution in [0.15, 0.2) is 18.6 Å². The van der Waals surface area contributed by atoms with Gasteiger partial charge in [0.05, 0.1) is 18.5 Å². The van der Waals surface area contributed by atoms with Crippen molar-refractivity contribution in [3.63, 3.8) is 0 Å². The second-order valence-electron chi connectivity index (χ2n) is 8.99. The Morgan fingerprint density at radius 3 is 2.87 bits per heavy atom. The van der Waals surface area contributed by atoms with Gasteiger partial charge in [0.25, 0.3) is 5.91 Å². The molecule has 30 heavy (non-hydrogen) atoms. The average molecular weight is 414 g/mol. The SMILES string of the molecule is CC(C)(C)[C@H](NC(=O)c1nn(-c2c[n+]([O-])ccn2)c2c1C[C@H]1C[C@@H]21)C(=O)NCCO. The van der Waals surface area contributed by atoms with Crippen molar-refractivity contribution in [2.75, 3.05) is 13.2 Å². The molecule has 0 radical (unpaired) electrons. The Hall–Kier alpha value is -3.01. The molecular formula is C20H26N6O4. The lowest BCUT2D eigenvalue weighted by Gasteiger charge is -2.30. The highest BCUT2D eigenvalue weighted by Gasteiger charge is 2.50. The zero-order valence-corrected chi connectivity index (χ0v) is 17.3. The van der Waals surface area contributed by atoms with Crippen molar-refractivity contribution in [3.8, 4) is 5.82 Å². The molecule has 160 valence electrons. The van der Waals surface area contributed by atoms with Gasteiger partial charge in [0.15, 0.2) is 11.9 Å². The molecule has 0 spiro atoms. The monoisotopic (exact) mass is 414 g/mol. The second kappa shape index (κ2) is 7.35. The summed E-state index contributed by atoms with van der Waals surface area (Å²) in [6, 6.07) is -0.799. The molecule has 0 saturated heterocycles. The molecule has 0 aliphatic heterocycles. The highest BCUT2D eigenvalue weighted by molar-refractivity contribution is 5.98. The van der Waals surface area contributed by atoms with E-state index in [-0.39, 0.29) is 24.8 Å². The first-order valence-corrected chi connectivity index (χ1v) is 10.1. The first-order chi connectivity index (χ1) is 14.2. The molecule has 0 unspecified atom stereocenters. The molecular weight excluding hydrogens is 388 g/mol. The Morgan fingerprint density at radius 2 is 2.20 bits per heavy atom. The van der Waals surface area contributed by atoms with Crippen LogP contribution in [0.25, 0.3) is 5.82 Å². The minimum atomic E-state index is -0.799. The summed E-state index contributed by atoms with van der Waals surface area (Å²) in [6.07, 6.45) is 5.81. The fourth-order valence-corrected chi connectivity index (χ4v) is 4.10. The van der Waals surface area contributed by atoms with Gasteiger partial charge in [0.1, 0.15) is 6.04 Å². The van der Waals surface area contributed by atoms with E-state index in [4.69, 9.17) is 5.11 Å². The van der Waals surface area contributed by atoms with Crippen molar-refractivity contribution >= 4 is 11.8 Å². The molecule has 2 aromatic heterocycles. The van der Waals surface area contributed by atoms with Crippen molar-refractivity contribution in [2.45, 2.75) is 45.6 Å². The first kappa shape index (κ1) is 20.3. The van der Waals surface area contributed by atoms with E-state index >= 15 is 0 Å². The summed E-state index contributed by atoms with van der Waals surface area (Å²) in [4.78, 5) is 30.0. The molecule has 3 N–H and O–H groups in total. The predicted octanol–water partition coefficient (Wildman–Crippen LogP) is -0.187. The lowest BCUT2D eigenvalue weighted by molar-refractivity contribution is -0.605. The Labute approximate surface area is 173 Å². The van der Waals surface area contributed by atoms with E-state index in [0.717, 1.165) is 24.1 Å². The summed E-state index contributed by atoms with van der Waals surface area (Å²) in [7, 11) is 0. The zero-order valence-electron chi connectivity index (χ0n) is 17.3. The second-order valence-corrected chi connectivity index (χ2v) is 8.99. The number of hydrogen-bond donors (Lipinski definition) is 3. The molecule has 2 aliphatic carbocycles. The molecule has 2 heterocycles. The van der Waals surface area contributed by atoms with Gasteiger partial charge in [0.2, 0.25) is 17.9 Å². The minimum absolute atomic E-state index is 0.115. The summed E-state index contributed by atoms with van der Waals surface area (Å²) >= 11 is 0. The van der Waals surface area contributed by atoms with Crippen LogP contribution in [-0.4, -0.2) is 50.9 Å². The molecule has 4 rings (SSSR count). The fourth-order valence-electron chi connectivity index (χ4n) is 4.10. The van der Waals surface area contributed by atoms with E-state index < -0.39 is 17.4 Å². The van der Waals surface area contributed by atoms with E-state index in [1.807, 2.05) is 20.8 Å². The molecule has 10 nitrogen and oxygen atoms in total. The van der Waals surface area contributed by atoms with Gasteiger partial charge in [-0.05, 0) is 24.2 Å². The highest BCUT2D eigenvalue weighted by atomic mass is 16.5. The molecule has 0 aromatic carbocycles. The molecule has 1 saturated carbocycles. The number of nitrogens with zero attached hydrogens (tertiary/aromatic N) is 4. The lowest BCUT2D eigenvalue weighted by atomic mass is 9.86. The molecule has 2 aromatic rings. The third kappa shape index (κ3) is 3.62. The number of aliphatic hydroxyl groups excluding tert-OH is 1. The largest absolute Gasteiger partial charge is 0.619 e. The maximum Gasteiger partial charge on any atom is 0.272 e. The Kier molecular flexibility index (Phi) is 4.97. The Morgan fingerprint density at radius 1 is 1.43 bits per heavy atom. The number of aliphatic hydroxyl groups is 1. The van der Waals surface area contributed by atoms with Crippen LogP contribution in [0.1, 0.15) is 54.9 Å². The number of amides is 2. The first-order valence-electron chi connectivity index (χ1n) is 10.1. The normalized spacial score (nSPS) is 20.3. The van der Waals surface area contributed by atoms with Crippen LogP contribution in [0.3, 0.4) is 0 Å². The van der Waals surface area contributed by atoms with Gasteiger partial charge in [-0.1, -0.05) is 20.8 Å². The quantitative estimate of drug-likeness (QED) is 0.443. The summed E-state index contributed by atoms with van der Waals surface area (Å²) in [5.41, 5.74) is 1.52. The van der Waals surface area contributed by atoms with Gasteiger partial charge in [-0.3, -0.25) is 9.59 Å². The number of carbonyl (C=O) groups excluding carboxylic acids is 2. The van der Waals surface area contributed by atoms with Crippen LogP contribution >= 0.6 is 0 Å². The van der Waals surface area contributed by atoms with Gasteiger partial charge >= 0.3 is 0 Å². The Bertz CT molecular complexity index is 996. The van der Waals surface area contributed by atoms with Crippen molar-refractivity contribution < 1.29 is 19.4 Å². The van der Waals surface area contributed by atoms with Crippen molar-refractivity contribution in [2.24, 2.45) is 11.3 Å². The molecule has 2 aliphatic rings. The number of aromatic nitrogens is 4. The maximum absolute atomic E-state index is 13.2. The standard InChI is InChI=1S/C20H26N6O4/c1-20(2,3)17(19(29)22-5-7-27)23-18(28)15-13-9-11-8-12(11)16(13)26(24-15)14-10-25(30)6-4-21-14/h4,6,10-12,17,27H,5,7-9H2,1-3H3,(H,22,29)(H,23,28)/t11-,12-,17-/m1/s1. The summed E-state index contributed by atoms with van der Waals surface area (Å²) in [6.45, 7) is 5.51. The Balaban J connectivity index is 1.65. The topological polar surface area (TPSA) is 136 Å². The van der Waals surface area contributed by atoms with Gasteiger partial charge in [-0.15, -0.1) is 0 Å². The van der Waals surface area contributed by atoms with Gasteiger partial charge in [-0.2, -0.15) is 9.83 Å². The number of hydrogen-bond acceptors (Lipinski definition) is 6. The average Bonchev–Trinajstić information content (AvgIpc) is 3.18. The smallest absolute Gasteiger partial charge is 0.272 e. The van der Waals surface area contributed by atoms with E-state index in [9.17, 15) is 14.8 Å². The number of fused-ring (bicyclic) bond motifs is 3. The van der Waals surface area contributed by atoms with Crippen molar-refractivity contribution in [1.29, 1.82) is 0 Å². The maximum atomic E-state index is 13.2. The zero-order chi connectivity index (χ0) is 21.6. The third-order valence-corrected chi connectivity index (χ3v) is 5.67. The van der Waals surface area contributed by atoms with Crippen LogP contribution < -0.4 is 15.4 Å². The van der Waals surface area contributed by atoms with Gasteiger partial charge in [0, 0.05) is 18.0 Å². The minimum Gasteiger partial charge on any atom is -0.619 e. The summed E-state index contributed by atoms with van der Waals surface area (Å²) in [5.74, 6) is 0.383. The summed E-state index contributed by atoms with van der Waals surface area (Å²) in [5, 5.41) is 30.6. The van der Waals surface area contributed by atoms with Gasteiger partial charge in [-0.25, -0.2) is 9.67 Å². The molecule has 10 heteroatoms. The predicted molar refractivity (Wildman–Crippen MR) is 106 cm³/mol. The van der Waals surface area contributed by atoms with E-state index in [0.29, 0.717) is 22.4 Å². The highest BCUT2D eigenvalue weighted by Crippen LogP contribution is 2.57.